The first-order valence-electron chi connectivity index (χ1n) is 8.74. The van der Waals surface area contributed by atoms with E-state index in [2.05, 4.69) is 13.8 Å². The lowest BCUT2D eigenvalue weighted by Crippen LogP contribution is -2.13. The standard InChI is InChI=1S/C21H26O3/c1-3-5-11-17(4-2)16-23-24-21(22)20-15-10-9-14-19(20)18-12-7-6-8-13-18/h6-10,12-15,17H,3-5,11,16H2,1-2H3. The first-order valence-corrected chi connectivity index (χ1v) is 8.74. The fourth-order valence-electron chi connectivity index (χ4n) is 2.66. The third-order valence-electron chi connectivity index (χ3n) is 4.21. The van der Waals surface area contributed by atoms with Gasteiger partial charge in [0.05, 0.1) is 12.2 Å². The Hall–Kier alpha value is -2.13. The monoisotopic (exact) mass is 326 g/mol. The van der Waals surface area contributed by atoms with Crippen LogP contribution in [0.4, 0.5) is 0 Å². The summed E-state index contributed by atoms with van der Waals surface area (Å²) in [5, 5.41) is 0. The van der Waals surface area contributed by atoms with Crippen molar-refractivity contribution in [3.8, 4) is 11.1 Å². The summed E-state index contributed by atoms with van der Waals surface area (Å²) in [6.45, 7) is 4.76. The highest BCUT2D eigenvalue weighted by Crippen LogP contribution is 2.24. The minimum atomic E-state index is -0.445. The second kappa shape index (κ2) is 9.89. The van der Waals surface area contributed by atoms with E-state index in [-0.39, 0.29) is 0 Å². The number of carbonyl (C=O) groups is 1. The second-order valence-electron chi connectivity index (χ2n) is 5.98. The van der Waals surface area contributed by atoms with E-state index < -0.39 is 5.97 Å². The van der Waals surface area contributed by atoms with Crippen molar-refractivity contribution in [3.05, 3.63) is 60.2 Å². The summed E-state index contributed by atoms with van der Waals surface area (Å²) in [6, 6.07) is 17.2. The maximum absolute atomic E-state index is 12.4. The minimum absolute atomic E-state index is 0.433. The third kappa shape index (κ3) is 5.20. The van der Waals surface area contributed by atoms with Crippen molar-refractivity contribution < 1.29 is 14.6 Å². The number of carbonyl (C=O) groups excluding carboxylic acids is 1. The van der Waals surface area contributed by atoms with Crippen LogP contribution in [0.3, 0.4) is 0 Å². The molecule has 1 atom stereocenters. The fourth-order valence-corrected chi connectivity index (χ4v) is 2.66. The molecule has 24 heavy (non-hydrogen) atoms. The molecule has 128 valence electrons. The molecule has 2 rings (SSSR count). The molecule has 0 amide bonds. The Morgan fingerprint density at radius 3 is 2.42 bits per heavy atom. The summed E-state index contributed by atoms with van der Waals surface area (Å²) >= 11 is 0. The Labute approximate surface area is 144 Å². The number of rotatable bonds is 9. The van der Waals surface area contributed by atoms with Crippen LogP contribution < -0.4 is 0 Å². The summed E-state index contributed by atoms with van der Waals surface area (Å²) in [5.41, 5.74) is 2.36. The van der Waals surface area contributed by atoms with Gasteiger partial charge in [0.15, 0.2) is 0 Å². The van der Waals surface area contributed by atoms with Gasteiger partial charge in [0.25, 0.3) is 0 Å². The molecular weight excluding hydrogens is 300 g/mol. The molecule has 0 aromatic heterocycles. The van der Waals surface area contributed by atoms with Gasteiger partial charge in [-0.15, -0.1) is 0 Å². The molecule has 0 aliphatic carbocycles. The number of unbranched alkanes of at least 4 members (excludes halogenated alkanes) is 1. The molecule has 0 heterocycles. The van der Waals surface area contributed by atoms with Gasteiger partial charge in [-0.05, 0) is 29.5 Å². The van der Waals surface area contributed by atoms with Gasteiger partial charge in [-0.2, -0.15) is 4.89 Å². The molecule has 0 N–H and O–H groups in total. The maximum atomic E-state index is 12.4. The molecule has 2 aromatic carbocycles. The Kier molecular flexibility index (Phi) is 7.50. The second-order valence-corrected chi connectivity index (χ2v) is 5.98. The van der Waals surface area contributed by atoms with Gasteiger partial charge in [0, 0.05) is 0 Å². The van der Waals surface area contributed by atoms with E-state index in [1.807, 2.05) is 48.5 Å². The van der Waals surface area contributed by atoms with Crippen LogP contribution in [0.25, 0.3) is 11.1 Å². The highest BCUT2D eigenvalue weighted by atomic mass is 17.2. The Bertz CT molecular complexity index is 622. The zero-order valence-corrected chi connectivity index (χ0v) is 14.5. The zero-order valence-electron chi connectivity index (χ0n) is 14.5. The minimum Gasteiger partial charge on any atom is -0.293 e. The molecule has 3 heteroatoms. The normalized spacial score (nSPS) is 11.9. The predicted molar refractivity (Wildman–Crippen MR) is 96.6 cm³/mol. The zero-order chi connectivity index (χ0) is 17.2. The van der Waals surface area contributed by atoms with Gasteiger partial charge in [0.2, 0.25) is 0 Å². The smallest absolute Gasteiger partial charge is 0.293 e. The highest BCUT2D eigenvalue weighted by molar-refractivity contribution is 5.96. The molecule has 0 aliphatic rings. The van der Waals surface area contributed by atoms with Gasteiger partial charge in [-0.25, -0.2) is 4.79 Å². The first-order chi connectivity index (χ1) is 11.8. The van der Waals surface area contributed by atoms with Crippen molar-refractivity contribution in [1.82, 2.24) is 0 Å². The van der Waals surface area contributed by atoms with Crippen LogP contribution in [0.15, 0.2) is 54.6 Å². The van der Waals surface area contributed by atoms with E-state index in [9.17, 15) is 4.79 Å². The summed E-state index contributed by atoms with van der Waals surface area (Å²) in [6.07, 6.45) is 4.47. The Balaban J connectivity index is 1.98. The van der Waals surface area contributed by atoms with Crippen LogP contribution in [0.5, 0.6) is 0 Å². The van der Waals surface area contributed by atoms with Crippen molar-refractivity contribution in [2.45, 2.75) is 39.5 Å². The average Bonchev–Trinajstić information content (AvgIpc) is 2.65. The molecule has 0 saturated heterocycles. The van der Waals surface area contributed by atoms with Crippen LogP contribution >= 0.6 is 0 Å². The van der Waals surface area contributed by atoms with Crippen molar-refractivity contribution in [1.29, 1.82) is 0 Å². The molecular formula is C21H26O3. The molecule has 2 aromatic rings. The van der Waals surface area contributed by atoms with E-state index in [1.165, 1.54) is 12.8 Å². The lowest BCUT2D eigenvalue weighted by molar-refractivity contribution is -0.249. The maximum Gasteiger partial charge on any atom is 0.373 e. The van der Waals surface area contributed by atoms with E-state index in [4.69, 9.17) is 9.78 Å². The van der Waals surface area contributed by atoms with Crippen LogP contribution in [0.1, 0.15) is 49.9 Å². The van der Waals surface area contributed by atoms with Crippen LogP contribution in [-0.4, -0.2) is 12.6 Å². The SMILES string of the molecule is CCCCC(CC)COOC(=O)c1ccccc1-c1ccccc1. The van der Waals surface area contributed by atoms with Crippen LogP contribution in [0, 0.1) is 5.92 Å². The van der Waals surface area contributed by atoms with Gasteiger partial charge in [-0.1, -0.05) is 81.6 Å². The van der Waals surface area contributed by atoms with E-state index in [1.54, 1.807) is 6.07 Å². The average molecular weight is 326 g/mol. The molecule has 0 radical (unpaired) electrons. The third-order valence-corrected chi connectivity index (χ3v) is 4.21. The van der Waals surface area contributed by atoms with Crippen LogP contribution in [0.2, 0.25) is 0 Å². The fraction of sp³-hybridized carbons (Fsp3) is 0.381. The number of benzene rings is 2. The number of hydrogen-bond donors (Lipinski definition) is 0. The van der Waals surface area contributed by atoms with E-state index in [0.717, 1.165) is 24.0 Å². The predicted octanol–water partition coefficient (Wildman–Crippen LogP) is 5.66. The molecule has 0 saturated carbocycles. The molecule has 0 spiro atoms. The van der Waals surface area contributed by atoms with Crippen molar-refractivity contribution in [2.24, 2.45) is 5.92 Å². The molecule has 0 bridgehead atoms. The quantitative estimate of drug-likeness (QED) is 0.440. The molecule has 1 unspecified atom stereocenters. The van der Waals surface area contributed by atoms with Gasteiger partial charge >= 0.3 is 5.97 Å². The first kappa shape index (κ1) is 18.2. The van der Waals surface area contributed by atoms with E-state index >= 15 is 0 Å². The van der Waals surface area contributed by atoms with E-state index in [0.29, 0.717) is 18.1 Å². The van der Waals surface area contributed by atoms with Gasteiger partial charge in [0.1, 0.15) is 0 Å². The van der Waals surface area contributed by atoms with Gasteiger partial charge < -0.3 is 0 Å². The molecule has 0 aliphatic heterocycles. The summed E-state index contributed by atoms with van der Waals surface area (Å²) < 4.78 is 0. The lowest BCUT2D eigenvalue weighted by Gasteiger charge is -2.14. The van der Waals surface area contributed by atoms with Gasteiger partial charge in [-0.3, -0.25) is 4.89 Å². The molecule has 0 fully saturated rings. The van der Waals surface area contributed by atoms with Crippen LogP contribution in [-0.2, 0) is 9.78 Å². The molecule has 3 nitrogen and oxygen atoms in total. The topological polar surface area (TPSA) is 35.5 Å². The Morgan fingerprint density at radius 2 is 1.71 bits per heavy atom. The Morgan fingerprint density at radius 1 is 1.00 bits per heavy atom. The largest absolute Gasteiger partial charge is 0.373 e. The van der Waals surface area contributed by atoms with Crippen molar-refractivity contribution >= 4 is 5.97 Å². The summed E-state index contributed by atoms with van der Waals surface area (Å²) in [5.74, 6) is -0.0121. The highest BCUT2D eigenvalue weighted by Gasteiger charge is 2.15. The van der Waals surface area contributed by atoms with Crippen molar-refractivity contribution in [3.63, 3.8) is 0 Å². The van der Waals surface area contributed by atoms with Crippen molar-refractivity contribution in [2.75, 3.05) is 6.61 Å². The summed E-state index contributed by atoms with van der Waals surface area (Å²) in [4.78, 5) is 22.7. The number of hydrogen-bond acceptors (Lipinski definition) is 3. The lowest BCUT2D eigenvalue weighted by atomic mass is 10.00. The summed E-state index contributed by atoms with van der Waals surface area (Å²) in [7, 11) is 0.